The van der Waals surface area contributed by atoms with Gasteiger partial charge in [-0.2, -0.15) is 0 Å². The van der Waals surface area contributed by atoms with E-state index in [-0.39, 0.29) is 17.7 Å². The Balaban J connectivity index is 1.54. The number of barbiturate groups is 1. The normalized spacial score (nSPS) is 14.7. The molecular weight excluding hydrogens is 575 g/mol. The molecule has 36 heavy (non-hydrogen) atoms. The number of hydrogen-bond donors (Lipinski definition) is 2. The number of urea groups is 1. The van der Waals surface area contributed by atoms with E-state index >= 15 is 0 Å². The van der Waals surface area contributed by atoms with Crippen molar-refractivity contribution >= 4 is 58.2 Å². The number of rotatable bonds is 7. The first-order valence-electron chi connectivity index (χ1n) is 11.0. The highest BCUT2D eigenvalue weighted by atomic mass is 127. The van der Waals surface area contributed by atoms with Gasteiger partial charge in [-0.1, -0.05) is 43.3 Å². The van der Waals surface area contributed by atoms with Crippen molar-refractivity contribution in [3.05, 3.63) is 98.1 Å². The van der Waals surface area contributed by atoms with Crippen LogP contribution in [0.3, 0.4) is 0 Å². The van der Waals surface area contributed by atoms with Gasteiger partial charge in [0.15, 0.2) is 0 Å². The van der Waals surface area contributed by atoms with E-state index in [2.05, 4.69) is 27.9 Å². The van der Waals surface area contributed by atoms with Crippen LogP contribution in [0.2, 0.25) is 0 Å². The topological polar surface area (TPSA) is 113 Å². The maximum Gasteiger partial charge on any atom is 0.335 e. The average molecular weight is 596 g/mol. The van der Waals surface area contributed by atoms with Crippen molar-refractivity contribution in [3.63, 3.8) is 0 Å². The van der Waals surface area contributed by atoms with Crippen LogP contribution in [0, 0.1) is 3.57 Å². The number of carbonyl (C=O) groups excluding carboxylic acids is 3. The van der Waals surface area contributed by atoms with Crippen molar-refractivity contribution in [3.8, 4) is 5.75 Å². The standard InChI is InChI=1S/C27H21IN2O6/c1-2-18-5-3-4-6-22(18)30-25(32)20(24(31)29-27(30)35)13-17-9-12-23(21(28)14-17)36-15-16-7-10-19(11-8-16)26(33)34/h3-14H,2,15H2,1H3,(H,33,34)(H,29,31,35)/b20-13+. The highest BCUT2D eigenvalue weighted by Gasteiger charge is 2.37. The summed E-state index contributed by atoms with van der Waals surface area (Å²) < 4.78 is 6.60. The lowest BCUT2D eigenvalue weighted by Crippen LogP contribution is -2.54. The molecule has 9 heteroatoms. The molecule has 1 heterocycles. The van der Waals surface area contributed by atoms with Gasteiger partial charge in [0.25, 0.3) is 11.8 Å². The number of halogens is 1. The monoisotopic (exact) mass is 596 g/mol. The van der Waals surface area contributed by atoms with Crippen LogP contribution in [0.5, 0.6) is 5.75 Å². The number of imide groups is 2. The Bertz CT molecular complexity index is 1400. The number of nitrogens with one attached hydrogen (secondary N) is 1. The third-order valence-corrected chi connectivity index (χ3v) is 6.42. The number of nitrogens with zero attached hydrogens (tertiary/aromatic N) is 1. The van der Waals surface area contributed by atoms with Crippen LogP contribution in [0.15, 0.2) is 72.3 Å². The Labute approximate surface area is 220 Å². The minimum absolute atomic E-state index is 0.150. The molecule has 4 rings (SSSR count). The molecule has 0 saturated carbocycles. The first-order valence-corrected chi connectivity index (χ1v) is 12.1. The molecule has 0 spiro atoms. The summed E-state index contributed by atoms with van der Waals surface area (Å²) in [6.45, 7) is 2.16. The first-order chi connectivity index (χ1) is 17.3. The Morgan fingerprint density at radius 2 is 1.78 bits per heavy atom. The van der Waals surface area contributed by atoms with Crippen molar-refractivity contribution < 1.29 is 29.0 Å². The molecule has 1 aliphatic heterocycles. The summed E-state index contributed by atoms with van der Waals surface area (Å²) in [4.78, 5) is 50.2. The zero-order valence-corrected chi connectivity index (χ0v) is 21.3. The molecule has 2 N–H and O–H groups in total. The Morgan fingerprint density at radius 1 is 1.06 bits per heavy atom. The molecule has 4 amide bonds. The quantitative estimate of drug-likeness (QED) is 0.230. The second kappa shape index (κ2) is 10.7. The molecule has 0 aliphatic carbocycles. The van der Waals surface area contributed by atoms with E-state index in [1.54, 1.807) is 42.5 Å². The van der Waals surface area contributed by atoms with Crippen LogP contribution in [-0.2, 0) is 22.6 Å². The van der Waals surface area contributed by atoms with Gasteiger partial charge in [0.2, 0.25) is 0 Å². The summed E-state index contributed by atoms with van der Waals surface area (Å²) in [5, 5.41) is 11.3. The largest absolute Gasteiger partial charge is 0.488 e. The molecule has 1 saturated heterocycles. The Kier molecular flexibility index (Phi) is 7.49. The maximum atomic E-state index is 13.2. The van der Waals surface area contributed by atoms with E-state index in [0.717, 1.165) is 19.6 Å². The molecule has 0 bridgehead atoms. The highest BCUT2D eigenvalue weighted by molar-refractivity contribution is 14.1. The molecule has 8 nitrogen and oxygen atoms in total. The van der Waals surface area contributed by atoms with E-state index in [1.807, 2.05) is 19.1 Å². The van der Waals surface area contributed by atoms with Crippen LogP contribution < -0.4 is 15.0 Å². The zero-order valence-electron chi connectivity index (χ0n) is 19.2. The highest BCUT2D eigenvalue weighted by Crippen LogP contribution is 2.28. The Hall–Kier alpha value is -3.99. The van der Waals surface area contributed by atoms with Crippen molar-refractivity contribution in [2.45, 2.75) is 20.0 Å². The molecule has 0 radical (unpaired) electrons. The van der Waals surface area contributed by atoms with Crippen LogP contribution in [0.1, 0.15) is 34.0 Å². The lowest BCUT2D eigenvalue weighted by Gasteiger charge is -2.28. The van der Waals surface area contributed by atoms with Gasteiger partial charge in [-0.05, 0) is 82.1 Å². The van der Waals surface area contributed by atoms with E-state index in [1.165, 1.54) is 18.2 Å². The van der Waals surface area contributed by atoms with Gasteiger partial charge in [0.1, 0.15) is 17.9 Å². The minimum Gasteiger partial charge on any atom is -0.488 e. The zero-order chi connectivity index (χ0) is 25.8. The van der Waals surface area contributed by atoms with Gasteiger partial charge >= 0.3 is 12.0 Å². The molecule has 0 atom stereocenters. The van der Waals surface area contributed by atoms with Gasteiger partial charge in [-0.25, -0.2) is 14.5 Å². The summed E-state index contributed by atoms with van der Waals surface area (Å²) in [7, 11) is 0. The minimum atomic E-state index is -0.992. The summed E-state index contributed by atoms with van der Waals surface area (Å²) in [6.07, 6.45) is 2.06. The SMILES string of the molecule is CCc1ccccc1N1C(=O)NC(=O)/C(=C\c2ccc(OCc3ccc(C(=O)O)cc3)c(I)c2)C1=O. The van der Waals surface area contributed by atoms with Gasteiger partial charge in [0.05, 0.1) is 14.8 Å². The number of anilines is 1. The number of amides is 4. The number of ether oxygens (including phenoxy) is 1. The summed E-state index contributed by atoms with van der Waals surface area (Å²) in [5.74, 6) is -1.85. The van der Waals surface area contributed by atoms with Gasteiger partial charge in [-0.3, -0.25) is 14.9 Å². The molecule has 1 aliphatic rings. The van der Waals surface area contributed by atoms with Crippen LogP contribution in [0.4, 0.5) is 10.5 Å². The number of carboxylic acids is 1. The fraction of sp³-hybridized carbons (Fsp3) is 0.111. The lowest BCUT2D eigenvalue weighted by atomic mass is 10.0. The number of benzene rings is 3. The van der Waals surface area contributed by atoms with Crippen LogP contribution >= 0.6 is 22.6 Å². The number of hydrogen-bond acceptors (Lipinski definition) is 5. The second-order valence-electron chi connectivity index (χ2n) is 7.92. The molecule has 3 aromatic rings. The predicted molar refractivity (Wildman–Crippen MR) is 142 cm³/mol. The van der Waals surface area contributed by atoms with Crippen molar-refractivity contribution in [1.82, 2.24) is 5.32 Å². The van der Waals surface area contributed by atoms with E-state index in [4.69, 9.17) is 9.84 Å². The molecule has 1 fully saturated rings. The third kappa shape index (κ3) is 5.30. The van der Waals surface area contributed by atoms with Crippen molar-refractivity contribution in [2.24, 2.45) is 0 Å². The number of aromatic carboxylic acids is 1. The third-order valence-electron chi connectivity index (χ3n) is 5.58. The number of para-hydroxylation sites is 1. The maximum absolute atomic E-state index is 13.2. The average Bonchev–Trinajstić information content (AvgIpc) is 2.86. The lowest BCUT2D eigenvalue weighted by molar-refractivity contribution is -0.122. The predicted octanol–water partition coefficient (Wildman–Crippen LogP) is 4.80. The Morgan fingerprint density at radius 3 is 2.44 bits per heavy atom. The fourth-order valence-corrected chi connectivity index (χ4v) is 4.39. The van der Waals surface area contributed by atoms with E-state index < -0.39 is 23.8 Å². The fourth-order valence-electron chi connectivity index (χ4n) is 3.70. The first kappa shape index (κ1) is 25.1. The van der Waals surface area contributed by atoms with Gasteiger partial charge in [-0.15, -0.1) is 0 Å². The second-order valence-corrected chi connectivity index (χ2v) is 9.08. The van der Waals surface area contributed by atoms with Crippen LogP contribution in [0.25, 0.3) is 6.08 Å². The number of carbonyl (C=O) groups is 4. The van der Waals surface area contributed by atoms with Crippen molar-refractivity contribution in [1.29, 1.82) is 0 Å². The molecular formula is C27H21IN2O6. The number of aryl methyl sites for hydroxylation is 1. The van der Waals surface area contributed by atoms with Gasteiger partial charge < -0.3 is 9.84 Å². The molecule has 3 aromatic carbocycles. The van der Waals surface area contributed by atoms with E-state index in [9.17, 15) is 19.2 Å². The molecule has 0 unspecified atom stereocenters. The summed E-state index contributed by atoms with van der Waals surface area (Å²) in [6, 6.07) is 17.9. The summed E-state index contributed by atoms with van der Waals surface area (Å²) in [5.41, 5.74) is 2.70. The number of carboxylic acid groups (broad SMARTS) is 1. The van der Waals surface area contributed by atoms with Gasteiger partial charge in [0, 0.05) is 0 Å². The molecule has 182 valence electrons. The molecule has 0 aromatic heterocycles. The summed E-state index contributed by atoms with van der Waals surface area (Å²) >= 11 is 2.09. The van der Waals surface area contributed by atoms with Crippen LogP contribution in [-0.4, -0.2) is 28.9 Å². The van der Waals surface area contributed by atoms with E-state index in [0.29, 0.717) is 23.4 Å². The van der Waals surface area contributed by atoms with Crippen molar-refractivity contribution in [2.75, 3.05) is 4.90 Å². The smallest absolute Gasteiger partial charge is 0.335 e.